The number of rotatable bonds is 5. The van der Waals surface area contributed by atoms with E-state index in [1.165, 1.54) is 16.5 Å². The highest BCUT2D eigenvalue weighted by Gasteiger charge is 2.04. The summed E-state index contributed by atoms with van der Waals surface area (Å²) in [5.74, 6) is 0. The highest BCUT2D eigenvalue weighted by molar-refractivity contribution is 5.83. The van der Waals surface area contributed by atoms with E-state index in [0.29, 0.717) is 13.1 Å². The summed E-state index contributed by atoms with van der Waals surface area (Å²) < 4.78 is 2.12. The number of urea groups is 1. The fourth-order valence-electron chi connectivity index (χ4n) is 2.06. The SMILES string of the molecule is Cn1cc(CNCCNC(N)=O)c2ccccc21. The van der Waals surface area contributed by atoms with Gasteiger partial charge in [-0.25, -0.2) is 4.79 Å². The lowest BCUT2D eigenvalue weighted by Gasteiger charge is -2.04. The highest BCUT2D eigenvalue weighted by atomic mass is 16.2. The second kappa shape index (κ2) is 5.55. The number of nitrogens with two attached hydrogens (primary N) is 1. The van der Waals surface area contributed by atoms with Gasteiger partial charge in [0.1, 0.15) is 0 Å². The van der Waals surface area contributed by atoms with Crippen LogP contribution in [0.2, 0.25) is 0 Å². The molecule has 5 heteroatoms. The number of nitrogens with zero attached hydrogens (tertiary/aromatic N) is 1. The predicted molar refractivity (Wildman–Crippen MR) is 72.2 cm³/mol. The number of benzene rings is 1. The van der Waals surface area contributed by atoms with Gasteiger partial charge in [0, 0.05) is 43.8 Å². The Bertz CT molecular complexity index is 547. The summed E-state index contributed by atoms with van der Waals surface area (Å²) in [5.41, 5.74) is 7.47. The second-order valence-electron chi connectivity index (χ2n) is 4.25. The van der Waals surface area contributed by atoms with Crippen LogP contribution in [0.5, 0.6) is 0 Å². The van der Waals surface area contributed by atoms with Crippen molar-refractivity contribution in [3.63, 3.8) is 0 Å². The van der Waals surface area contributed by atoms with Crippen LogP contribution in [0.25, 0.3) is 10.9 Å². The zero-order valence-corrected chi connectivity index (χ0v) is 10.4. The molecule has 2 aromatic rings. The standard InChI is InChI=1S/C13H18N4O/c1-17-9-10(8-15-6-7-16-13(14)18)11-4-2-3-5-12(11)17/h2-5,9,15H,6-8H2,1H3,(H3,14,16,18). The van der Waals surface area contributed by atoms with Crippen LogP contribution in [0.1, 0.15) is 5.56 Å². The summed E-state index contributed by atoms with van der Waals surface area (Å²) in [7, 11) is 2.04. The minimum absolute atomic E-state index is 0.484. The number of aryl methyl sites for hydroxylation is 1. The fraction of sp³-hybridized carbons (Fsp3) is 0.308. The van der Waals surface area contributed by atoms with Crippen molar-refractivity contribution < 1.29 is 4.79 Å². The molecule has 0 radical (unpaired) electrons. The lowest BCUT2D eigenvalue weighted by molar-refractivity contribution is 0.249. The molecule has 0 aliphatic heterocycles. The molecule has 1 aromatic heterocycles. The molecule has 1 heterocycles. The Balaban J connectivity index is 1.94. The van der Waals surface area contributed by atoms with Crippen molar-refractivity contribution in [2.45, 2.75) is 6.54 Å². The first kappa shape index (κ1) is 12.4. The molecule has 0 saturated heterocycles. The van der Waals surface area contributed by atoms with Gasteiger partial charge in [-0.3, -0.25) is 0 Å². The van der Waals surface area contributed by atoms with Gasteiger partial charge >= 0.3 is 6.03 Å². The number of amides is 2. The van der Waals surface area contributed by atoms with E-state index in [9.17, 15) is 4.79 Å². The molecule has 0 unspecified atom stereocenters. The van der Waals surface area contributed by atoms with Gasteiger partial charge in [0.05, 0.1) is 0 Å². The maximum Gasteiger partial charge on any atom is 0.312 e. The number of hydrogen-bond donors (Lipinski definition) is 3. The van der Waals surface area contributed by atoms with Crippen LogP contribution >= 0.6 is 0 Å². The molecule has 0 bridgehead atoms. The third kappa shape index (κ3) is 2.81. The third-order valence-corrected chi connectivity index (χ3v) is 2.90. The monoisotopic (exact) mass is 246 g/mol. The quantitative estimate of drug-likeness (QED) is 0.687. The van der Waals surface area contributed by atoms with Crippen molar-refractivity contribution in [2.24, 2.45) is 12.8 Å². The predicted octanol–water partition coefficient (Wildman–Crippen LogP) is 0.936. The summed E-state index contributed by atoms with van der Waals surface area (Å²) in [6, 6.07) is 7.82. The Labute approximate surface area is 106 Å². The van der Waals surface area contributed by atoms with Crippen LogP contribution in [0, 0.1) is 0 Å². The van der Waals surface area contributed by atoms with Crippen LogP contribution in [0.4, 0.5) is 4.79 Å². The molecule has 18 heavy (non-hydrogen) atoms. The number of primary amides is 1. The minimum atomic E-state index is -0.484. The molecular formula is C13H18N4O. The largest absolute Gasteiger partial charge is 0.352 e. The summed E-state index contributed by atoms with van der Waals surface area (Å²) >= 11 is 0. The topological polar surface area (TPSA) is 72.1 Å². The molecule has 0 spiro atoms. The Morgan fingerprint density at radius 2 is 2.11 bits per heavy atom. The normalized spacial score (nSPS) is 10.7. The van der Waals surface area contributed by atoms with Crippen LogP contribution in [-0.4, -0.2) is 23.7 Å². The zero-order chi connectivity index (χ0) is 13.0. The van der Waals surface area contributed by atoms with Gasteiger partial charge in [0.25, 0.3) is 0 Å². The van der Waals surface area contributed by atoms with Crippen LogP contribution < -0.4 is 16.4 Å². The molecule has 0 saturated carbocycles. The van der Waals surface area contributed by atoms with Crippen molar-refractivity contribution in [3.05, 3.63) is 36.0 Å². The molecule has 4 N–H and O–H groups in total. The van der Waals surface area contributed by atoms with E-state index in [4.69, 9.17) is 5.73 Å². The van der Waals surface area contributed by atoms with Gasteiger partial charge in [0.15, 0.2) is 0 Å². The van der Waals surface area contributed by atoms with Crippen LogP contribution in [-0.2, 0) is 13.6 Å². The smallest absolute Gasteiger partial charge is 0.312 e. The molecular weight excluding hydrogens is 228 g/mol. The van der Waals surface area contributed by atoms with Gasteiger partial charge < -0.3 is 20.9 Å². The maximum atomic E-state index is 10.5. The zero-order valence-electron chi connectivity index (χ0n) is 10.4. The Morgan fingerprint density at radius 1 is 1.33 bits per heavy atom. The first-order chi connectivity index (χ1) is 8.68. The first-order valence-electron chi connectivity index (χ1n) is 5.95. The number of nitrogens with one attached hydrogen (secondary N) is 2. The first-order valence-corrected chi connectivity index (χ1v) is 5.95. The van der Waals surface area contributed by atoms with E-state index in [1.807, 2.05) is 19.2 Å². The summed E-state index contributed by atoms with van der Waals surface area (Å²) in [6.07, 6.45) is 2.12. The lowest BCUT2D eigenvalue weighted by atomic mass is 10.2. The molecule has 96 valence electrons. The summed E-state index contributed by atoms with van der Waals surface area (Å²) in [6.45, 7) is 2.02. The third-order valence-electron chi connectivity index (χ3n) is 2.90. The molecule has 1 aromatic carbocycles. The Hall–Kier alpha value is -2.01. The van der Waals surface area contributed by atoms with Crippen molar-refractivity contribution >= 4 is 16.9 Å². The average Bonchev–Trinajstić information content (AvgIpc) is 2.66. The molecule has 5 nitrogen and oxygen atoms in total. The van der Waals surface area contributed by atoms with E-state index in [2.05, 4.69) is 33.5 Å². The van der Waals surface area contributed by atoms with E-state index in [1.54, 1.807) is 0 Å². The van der Waals surface area contributed by atoms with E-state index >= 15 is 0 Å². The Morgan fingerprint density at radius 3 is 2.89 bits per heavy atom. The lowest BCUT2D eigenvalue weighted by Crippen LogP contribution is -2.35. The number of para-hydroxylation sites is 1. The van der Waals surface area contributed by atoms with Crippen molar-refractivity contribution in [1.82, 2.24) is 15.2 Å². The van der Waals surface area contributed by atoms with Gasteiger partial charge in [-0.2, -0.15) is 0 Å². The van der Waals surface area contributed by atoms with E-state index in [-0.39, 0.29) is 0 Å². The number of aromatic nitrogens is 1. The van der Waals surface area contributed by atoms with Crippen molar-refractivity contribution in [2.75, 3.05) is 13.1 Å². The minimum Gasteiger partial charge on any atom is -0.352 e. The van der Waals surface area contributed by atoms with Gasteiger partial charge in [-0.15, -0.1) is 0 Å². The molecule has 0 fully saturated rings. The van der Waals surface area contributed by atoms with E-state index < -0.39 is 6.03 Å². The molecule has 0 aliphatic rings. The van der Waals surface area contributed by atoms with E-state index in [0.717, 1.165) is 6.54 Å². The Kier molecular flexibility index (Phi) is 3.84. The number of carbonyl (C=O) groups is 1. The van der Waals surface area contributed by atoms with Crippen molar-refractivity contribution in [3.8, 4) is 0 Å². The molecule has 0 atom stereocenters. The number of carbonyl (C=O) groups excluding carboxylic acids is 1. The fourth-order valence-corrected chi connectivity index (χ4v) is 2.06. The summed E-state index contributed by atoms with van der Waals surface area (Å²) in [5, 5.41) is 7.08. The van der Waals surface area contributed by atoms with Gasteiger partial charge in [0.2, 0.25) is 0 Å². The molecule has 0 aliphatic carbocycles. The average molecular weight is 246 g/mol. The van der Waals surface area contributed by atoms with Crippen molar-refractivity contribution in [1.29, 1.82) is 0 Å². The maximum absolute atomic E-state index is 10.5. The number of hydrogen-bond acceptors (Lipinski definition) is 2. The second-order valence-corrected chi connectivity index (χ2v) is 4.25. The molecule has 2 rings (SSSR count). The van der Waals surface area contributed by atoms with Gasteiger partial charge in [-0.05, 0) is 11.6 Å². The highest BCUT2D eigenvalue weighted by Crippen LogP contribution is 2.19. The van der Waals surface area contributed by atoms with Gasteiger partial charge in [-0.1, -0.05) is 18.2 Å². The van der Waals surface area contributed by atoms with Crippen LogP contribution in [0.3, 0.4) is 0 Å². The number of fused-ring (bicyclic) bond motifs is 1. The summed E-state index contributed by atoms with van der Waals surface area (Å²) in [4.78, 5) is 10.5. The van der Waals surface area contributed by atoms with Crippen LogP contribution in [0.15, 0.2) is 30.5 Å². The molecule has 2 amide bonds.